The molecule has 2 aromatic rings. The minimum Gasteiger partial charge on any atom is -0.395 e. The Balaban J connectivity index is 1.42. The molecule has 0 spiro atoms. The number of aliphatic hydroxyl groups is 1. The van der Waals surface area contributed by atoms with Crippen molar-refractivity contribution in [1.82, 2.24) is 20.2 Å². The summed E-state index contributed by atoms with van der Waals surface area (Å²) in [4.78, 5) is 41.5. The number of hydrogen-bond donors (Lipinski definition) is 3. The van der Waals surface area contributed by atoms with E-state index < -0.39 is 0 Å². The molecule has 38 heavy (non-hydrogen) atoms. The van der Waals surface area contributed by atoms with Crippen molar-refractivity contribution in [2.24, 2.45) is 0 Å². The zero-order valence-electron chi connectivity index (χ0n) is 21.9. The van der Waals surface area contributed by atoms with Gasteiger partial charge in [0.25, 0.3) is 0 Å². The van der Waals surface area contributed by atoms with Crippen LogP contribution in [0.5, 0.6) is 0 Å². The van der Waals surface area contributed by atoms with Gasteiger partial charge in [-0.3, -0.25) is 9.59 Å². The van der Waals surface area contributed by atoms with Crippen molar-refractivity contribution in [3.63, 3.8) is 0 Å². The number of carbonyl (C=O) groups is 2. The second-order valence-corrected chi connectivity index (χ2v) is 11.1. The van der Waals surface area contributed by atoms with E-state index in [-0.39, 0.29) is 49.0 Å². The maximum atomic E-state index is 14.1. The Morgan fingerprint density at radius 3 is 2.68 bits per heavy atom. The molecule has 3 fully saturated rings. The molecular weight excluding hydrogens is 506 g/mol. The van der Waals surface area contributed by atoms with Gasteiger partial charge in [0.2, 0.25) is 11.8 Å². The SMILES string of the molecule is CC(C)NC[C@@H](C(=O)N1CC2CCCC1CN2c1ncnc2c1N(CCO)CC(=O)N2)c1ccc(Cl)cc1. The van der Waals surface area contributed by atoms with Crippen LogP contribution in [0.4, 0.5) is 17.3 Å². The Hall–Kier alpha value is -2.95. The molecule has 0 aliphatic carbocycles. The van der Waals surface area contributed by atoms with E-state index in [0.29, 0.717) is 37.0 Å². The summed E-state index contributed by atoms with van der Waals surface area (Å²) in [7, 11) is 0. The van der Waals surface area contributed by atoms with Crippen LogP contribution in [-0.2, 0) is 9.59 Å². The van der Waals surface area contributed by atoms with Gasteiger partial charge in [0.15, 0.2) is 11.6 Å². The number of amides is 2. The quantitative estimate of drug-likeness (QED) is 0.466. The molecule has 4 aliphatic rings. The predicted molar refractivity (Wildman–Crippen MR) is 148 cm³/mol. The molecule has 2 bridgehead atoms. The molecule has 3 saturated heterocycles. The summed E-state index contributed by atoms with van der Waals surface area (Å²) in [6.45, 7) is 6.38. The van der Waals surface area contributed by atoms with Crippen LogP contribution >= 0.6 is 11.6 Å². The molecule has 0 saturated carbocycles. The van der Waals surface area contributed by atoms with Gasteiger partial charge in [-0.25, -0.2) is 9.97 Å². The molecule has 3 atom stereocenters. The number of carbonyl (C=O) groups excluding carboxylic acids is 2. The number of anilines is 3. The van der Waals surface area contributed by atoms with Crippen molar-refractivity contribution < 1.29 is 14.7 Å². The lowest BCUT2D eigenvalue weighted by molar-refractivity contribution is -0.136. The van der Waals surface area contributed by atoms with Crippen LogP contribution in [0.15, 0.2) is 30.6 Å². The summed E-state index contributed by atoms with van der Waals surface area (Å²) in [6, 6.07) is 7.99. The molecule has 204 valence electrons. The Bertz CT molecular complexity index is 1160. The standard InChI is InChI=1S/C27H36ClN7O3/c1-17(2)29-12-22(18-6-8-19(28)9-7-18)27(38)35-14-20-4-3-5-21(35)13-34(20)26-24-25(30-16-31-26)32-23(37)15-33(24)10-11-36/h6-9,16-17,20-22,29,36H,3-5,10-15H2,1-2H3,(H,30,31,32,37)/t20?,21?,22-/m1/s1. The van der Waals surface area contributed by atoms with Gasteiger partial charge in [-0.2, -0.15) is 0 Å². The highest BCUT2D eigenvalue weighted by atomic mass is 35.5. The van der Waals surface area contributed by atoms with E-state index >= 15 is 0 Å². The Kier molecular flexibility index (Phi) is 8.01. The summed E-state index contributed by atoms with van der Waals surface area (Å²) in [5.74, 6) is 0.895. The molecule has 1 aromatic carbocycles. The number of rotatable bonds is 8. The first-order chi connectivity index (χ1) is 18.4. The van der Waals surface area contributed by atoms with Gasteiger partial charge in [0.05, 0.1) is 19.1 Å². The third-order valence-corrected chi connectivity index (χ3v) is 7.96. The predicted octanol–water partition coefficient (Wildman–Crippen LogP) is 2.23. The monoisotopic (exact) mass is 541 g/mol. The average Bonchev–Trinajstić information content (AvgIpc) is 3.23. The van der Waals surface area contributed by atoms with E-state index in [0.717, 1.165) is 36.3 Å². The maximum Gasteiger partial charge on any atom is 0.245 e. The molecule has 1 aromatic heterocycles. The number of benzene rings is 1. The molecular formula is C27H36ClN7O3. The second kappa shape index (κ2) is 11.4. The zero-order chi connectivity index (χ0) is 26.8. The highest BCUT2D eigenvalue weighted by Crippen LogP contribution is 2.40. The summed E-state index contributed by atoms with van der Waals surface area (Å²) >= 11 is 6.14. The van der Waals surface area contributed by atoms with Crippen LogP contribution in [-0.4, -0.2) is 89.2 Å². The number of β-amino-alcohol motifs (C(OH)–C–C–N with tert-alkyl or cyclic N) is 1. The van der Waals surface area contributed by atoms with Crippen LogP contribution < -0.4 is 20.4 Å². The summed E-state index contributed by atoms with van der Waals surface area (Å²) in [6.07, 6.45) is 4.37. The first-order valence-corrected chi connectivity index (χ1v) is 13.8. The van der Waals surface area contributed by atoms with Gasteiger partial charge in [-0.15, -0.1) is 0 Å². The first-order valence-electron chi connectivity index (χ1n) is 13.4. The molecule has 2 amide bonds. The second-order valence-electron chi connectivity index (χ2n) is 10.6. The number of hydrogen-bond acceptors (Lipinski definition) is 8. The van der Waals surface area contributed by atoms with Crippen LogP contribution in [0.1, 0.15) is 44.6 Å². The van der Waals surface area contributed by atoms with Crippen molar-refractivity contribution >= 4 is 40.7 Å². The molecule has 6 rings (SSSR count). The number of piperazine rings is 1. The first kappa shape index (κ1) is 26.6. The van der Waals surface area contributed by atoms with E-state index in [1.807, 2.05) is 29.2 Å². The molecule has 3 N–H and O–H groups in total. The van der Waals surface area contributed by atoms with Crippen LogP contribution in [0, 0.1) is 0 Å². The lowest BCUT2D eigenvalue weighted by atomic mass is 9.95. The van der Waals surface area contributed by atoms with Gasteiger partial charge < -0.3 is 30.4 Å². The molecule has 10 nitrogen and oxygen atoms in total. The number of fused-ring (bicyclic) bond motifs is 5. The van der Waals surface area contributed by atoms with Gasteiger partial charge in [-0.1, -0.05) is 37.6 Å². The van der Waals surface area contributed by atoms with E-state index in [1.165, 1.54) is 6.33 Å². The van der Waals surface area contributed by atoms with Crippen LogP contribution in [0.3, 0.4) is 0 Å². The fourth-order valence-corrected chi connectivity index (χ4v) is 5.98. The molecule has 5 heterocycles. The van der Waals surface area contributed by atoms with Gasteiger partial charge in [0, 0.05) is 49.3 Å². The van der Waals surface area contributed by atoms with Gasteiger partial charge in [0.1, 0.15) is 12.0 Å². The minimum atomic E-state index is -0.301. The number of aliphatic hydroxyl groups excluding tert-OH is 1. The number of aromatic nitrogens is 2. The smallest absolute Gasteiger partial charge is 0.245 e. The van der Waals surface area contributed by atoms with Gasteiger partial charge >= 0.3 is 0 Å². The highest BCUT2D eigenvalue weighted by molar-refractivity contribution is 6.30. The van der Waals surface area contributed by atoms with E-state index in [9.17, 15) is 14.7 Å². The Morgan fingerprint density at radius 2 is 1.95 bits per heavy atom. The number of nitrogens with one attached hydrogen (secondary N) is 2. The Morgan fingerprint density at radius 1 is 1.18 bits per heavy atom. The maximum absolute atomic E-state index is 14.1. The molecule has 11 heteroatoms. The zero-order valence-corrected chi connectivity index (χ0v) is 22.7. The van der Waals surface area contributed by atoms with Crippen molar-refractivity contribution in [3.05, 3.63) is 41.2 Å². The van der Waals surface area contributed by atoms with Crippen molar-refractivity contribution in [1.29, 1.82) is 0 Å². The summed E-state index contributed by atoms with van der Waals surface area (Å²) in [5, 5.41) is 16.6. The summed E-state index contributed by atoms with van der Waals surface area (Å²) < 4.78 is 0. The van der Waals surface area contributed by atoms with E-state index in [2.05, 4.69) is 44.2 Å². The van der Waals surface area contributed by atoms with Crippen LogP contribution in [0.2, 0.25) is 5.02 Å². The van der Waals surface area contributed by atoms with Crippen LogP contribution in [0.25, 0.3) is 0 Å². The normalized spacial score (nSPS) is 21.8. The van der Waals surface area contributed by atoms with E-state index in [1.54, 1.807) is 0 Å². The fourth-order valence-electron chi connectivity index (χ4n) is 5.86. The molecule has 2 unspecified atom stereocenters. The lowest BCUT2D eigenvalue weighted by Crippen LogP contribution is -2.60. The topological polar surface area (TPSA) is 114 Å². The van der Waals surface area contributed by atoms with E-state index in [4.69, 9.17) is 11.6 Å². The molecule has 4 aliphatic heterocycles. The number of nitrogens with zero attached hydrogens (tertiary/aromatic N) is 5. The third kappa shape index (κ3) is 5.43. The van der Waals surface area contributed by atoms with Crippen molar-refractivity contribution in [3.8, 4) is 0 Å². The number of halogens is 1. The highest BCUT2D eigenvalue weighted by Gasteiger charge is 2.43. The van der Waals surface area contributed by atoms with Gasteiger partial charge in [-0.05, 0) is 37.0 Å². The third-order valence-electron chi connectivity index (χ3n) is 7.71. The fraction of sp³-hybridized carbons (Fsp3) is 0.556. The molecule has 0 radical (unpaired) electrons. The average molecular weight is 542 g/mol. The summed E-state index contributed by atoms with van der Waals surface area (Å²) in [5.41, 5.74) is 1.71. The van der Waals surface area contributed by atoms with Crippen molar-refractivity contribution in [2.75, 3.05) is 54.4 Å². The van der Waals surface area contributed by atoms with Crippen molar-refractivity contribution in [2.45, 2.75) is 57.2 Å². The largest absolute Gasteiger partial charge is 0.395 e. The Labute approximate surface area is 228 Å². The minimum absolute atomic E-state index is 0.0465. The lowest BCUT2D eigenvalue weighted by Gasteiger charge is -2.46.